The van der Waals surface area contributed by atoms with Crippen molar-refractivity contribution in [2.75, 3.05) is 19.8 Å². The summed E-state index contributed by atoms with van der Waals surface area (Å²) in [6.45, 7) is 1.93. The van der Waals surface area contributed by atoms with Crippen LogP contribution in [0.3, 0.4) is 0 Å². The molecule has 0 saturated carbocycles. The number of hydrogen-bond acceptors (Lipinski definition) is 3. The van der Waals surface area contributed by atoms with Crippen molar-refractivity contribution in [1.29, 1.82) is 0 Å². The molecule has 0 bridgehead atoms. The smallest absolute Gasteiger partial charge is 0.257 e. The van der Waals surface area contributed by atoms with E-state index in [4.69, 9.17) is 10.5 Å². The zero-order chi connectivity index (χ0) is 8.69. The maximum absolute atomic E-state index is 10.6. The van der Waals surface area contributed by atoms with Gasteiger partial charge in [0, 0.05) is 6.61 Å². The summed E-state index contributed by atoms with van der Waals surface area (Å²) in [6, 6.07) is 0. The minimum absolute atomic E-state index is 0.0518. The summed E-state index contributed by atoms with van der Waals surface area (Å²) in [7, 11) is 0. The summed E-state index contributed by atoms with van der Waals surface area (Å²) in [5.74, 6) is -1.18. The number of carbonyl (C=O) groups excluding carboxylic acids is 2. The molecule has 63 valence electrons. The third-order valence-corrected chi connectivity index (χ3v) is 0.883. The van der Waals surface area contributed by atoms with Crippen LogP contribution in [0.15, 0.2) is 0 Å². The first kappa shape index (κ1) is 9.90. The molecule has 5 nitrogen and oxygen atoms in total. The number of amides is 2. The van der Waals surface area contributed by atoms with E-state index in [1.165, 1.54) is 0 Å². The minimum atomic E-state index is -0.810. The van der Waals surface area contributed by atoms with Crippen molar-refractivity contribution in [3.63, 3.8) is 0 Å². The molecule has 2 amide bonds. The molecular formula is C6H11N2O3. The van der Waals surface area contributed by atoms with Crippen molar-refractivity contribution in [2.24, 2.45) is 0 Å². The lowest BCUT2D eigenvalue weighted by molar-refractivity contribution is -0.128. The quantitative estimate of drug-likeness (QED) is 0.555. The van der Waals surface area contributed by atoms with E-state index < -0.39 is 5.91 Å². The lowest BCUT2D eigenvalue weighted by Crippen LogP contribution is -2.32. The molecule has 0 heterocycles. The fourth-order valence-electron chi connectivity index (χ4n) is 0.425. The maximum atomic E-state index is 10.6. The number of rotatable bonds is 5. The van der Waals surface area contributed by atoms with Crippen molar-refractivity contribution in [2.45, 2.75) is 6.92 Å². The van der Waals surface area contributed by atoms with Crippen molar-refractivity contribution >= 4 is 11.8 Å². The molecule has 0 aliphatic heterocycles. The van der Waals surface area contributed by atoms with Gasteiger partial charge in [0.1, 0.15) is 6.61 Å². The van der Waals surface area contributed by atoms with E-state index in [1.54, 1.807) is 6.92 Å². The second-order valence-electron chi connectivity index (χ2n) is 1.84. The van der Waals surface area contributed by atoms with E-state index in [-0.39, 0.29) is 19.1 Å². The Kier molecular flexibility index (Phi) is 5.10. The normalized spacial score (nSPS) is 9.18. The lowest BCUT2D eigenvalue weighted by Gasteiger charge is -2.00. The van der Waals surface area contributed by atoms with Crippen LogP contribution in [0.25, 0.3) is 0 Å². The van der Waals surface area contributed by atoms with Crippen LogP contribution in [0.2, 0.25) is 0 Å². The van der Waals surface area contributed by atoms with Crippen LogP contribution in [-0.4, -0.2) is 31.6 Å². The molecule has 0 saturated heterocycles. The molecule has 11 heavy (non-hydrogen) atoms. The van der Waals surface area contributed by atoms with Gasteiger partial charge in [-0.05, 0) is 6.92 Å². The maximum Gasteiger partial charge on any atom is 0.257 e. The first-order valence-corrected chi connectivity index (χ1v) is 3.25. The van der Waals surface area contributed by atoms with Crippen molar-refractivity contribution in [1.82, 2.24) is 11.1 Å². The van der Waals surface area contributed by atoms with E-state index in [0.717, 1.165) is 0 Å². The average molecular weight is 159 g/mol. The van der Waals surface area contributed by atoms with Gasteiger partial charge in [0.25, 0.3) is 5.91 Å². The van der Waals surface area contributed by atoms with Gasteiger partial charge < -0.3 is 10.1 Å². The summed E-state index contributed by atoms with van der Waals surface area (Å²) in [4.78, 5) is 20.7. The highest BCUT2D eigenvalue weighted by atomic mass is 16.5. The van der Waals surface area contributed by atoms with Crippen LogP contribution in [0.4, 0.5) is 0 Å². The Morgan fingerprint density at radius 3 is 2.64 bits per heavy atom. The second-order valence-corrected chi connectivity index (χ2v) is 1.84. The first-order valence-electron chi connectivity index (χ1n) is 3.25. The fourth-order valence-corrected chi connectivity index (χ4v) is 0.425. The van der Waals surface area contributed by atoms with E-state index in [0.29, 0.717) is 6.61 Å². The second kappa shape index (κ2) is 5.67. The van der Waals surface area contributed by atoms with Gasteiger partial charge in [-0.25, -0.2) is 0 Å². The van der Waals surface area contributed by atoms with Crippen LogP contribution in [0, 0.1) is 0 Å². The highest BCUT2D eigenvalue weighted by molar-refractivity contribution is 5.83. The van der Waals surface area contributed by atoms with Crippen LogP contribution < -0.4 is 11.1 Å². The Labute approximate surface area is 64.9 Å². The van der Waals surface area contributed by atoms with E-state index >= 15 is 0 Å². The molecule has 1 radical (unpaired) electrons. The molecule has 2 N–H and O–H groups in total. The van der Waals surface area contributed by atoms with E-state index in [1.807, 2.05) is 0 Å². The molecule has 0 unspecified atom stereocenters. The third-order valence-electron chi connectivity index (χ3n) is 0.883. The van der Waals surface area contributed by atoms with Crippen molar-refractivity contribution in [3.05, 3.63) is 0 Å². The number of hydrogen-bond donors (Lipinski definition) is 1. The predicted octanol–water partition coefficient (Wildman–Crippen LogP) is -1.05. The fraction of sp³-hybridized carbons (Fsp3) is 0.667. The topological polar surface area (TPSA) is 79.2 Å². The summed E-state index contributed by atoms with van der Waals surface area (Å²) < 4.78 is 4.74. The van der Waals surface area contributed by atoms with Gasteiger partial charge in [-0.3, -0.25) is 15.3 Å². The van der Waals surface area contributed by atoms with Crippen LogP contribution in [0.1, 0.15) is 6.92 Å². The molecule has 0 spiro atoms. The van der Waals surface area contributed by atoms with Gasteiger partial charge in [-0.2, -0.15) is 0 Å². The number of carbonyl (C=O) groups is 2. The largest absolute Gasteiger partial charge is 0.372 e. The van der Waals surface area contributed by atoms with Gasteiger partial charge in [0.2, 0.25) is 5.91 Å². The summed E-state index contributed by atoms with van der Waals surface area (Å²) >= 11 is 0. The lowest BCUT2D eigenvalue weighted by atomic mass is 10.5. The monoisotopic (exact) mass is 159 g/mol. The highest BCUT2D eigenvalue weighted by Crippen LogP contribution is 1.72. The van der Waals surface area contributed by atoms with Gasteiger partial charge >= 0.3 is 0 Å². The number of ether oxygens (including phenoxy) is 1. The molecule has 0 aliphatic rings. The zero-order valence-electron chi connectivity index (χ0n) is 6.35. The molecule has 5 heteroatoms. The molecule has 0 fully saturated rings. The van der Waals surface area contributed by atoms with Crippen molar-refractivity contribution < 1.29 is 14.3 Å². The van der Waals surface area contributed by atoms with E-state index in [2.05, 4.69) is 5.32 Å². The molecule has 0 rings (SSSR count). The van der Waals surface area contributed by atoms with Gasteiger partial charge in [0.15, 0.2) is 0 Å². The minimum Gasteiger partial charge on any atom is -0.372 e. The number of nitrogens with one attached hydrogen (secondary N) is 2. The van der Waals surface area contributed by atoms with Crippen LogP contribution in [-0.2, 0) is 14.3 Å². The summed E-state index contributed by atoms with van der Waals surface area (Å²) in [5.41, 5.74) is 6.45. The van der Waals surface area contributed by atoms with E-state index in [9.17, 15) is 9.59 Å². The van der Waals surface area contributed by atoms with Gasteiger partial charge in [-0.1, -0.05) is 0 Å². The summed E-state index contributed by atoms with van der Waals surface area (Å²) in [6.07, 6.45) is 0. The van der Waals surface area contributed by atoms with Gasteiger partial charge in [0.05, 0.1) is 6.54 Å². The SMILES string of the molecule is CCOCC(=O)NCC([NH])=O. The molecule has 0 aromatic carbocycles. The third kappa shape index (κ3) is 6.79. The van der Waals surface area contributed by atoms with Gasteiger partial charge in [-0.15, -0.1) is 0 Å². The highest BCUT2D eigenvalue weighted by Gasteiger charge is 2.01. The van der Waals surface area contributed by atoms with Crippen LogP contribution in [0.5, 0.6) is 0 Å². The van der Waals surface area contributed by atoms with Crippen molar-refractivity contribution in [3.8, 4) is 0 Å². The predicted molar refractivity (Wildman–Crippen MR) is 37.6 cm³/mol. The standard InChI is InChI=1S/C6H11N2O3/c1-2-11-4-6(10)8-3-5(7)9/h7H,2-4H2,1H3,(H,8,10). The molecule has 0 aromatic rings. The molecular weight excluding hydrogens is 148 g/mol. The Morgan fingerprint density at radius 2 is 2.18 bits per heavy atom. The Balaban J connectivity index is 3.30. The Bertz CT molecular complexity index is 147. The first-order chi connectivity index (χ1) is 5.16. The molecule has 0 atom stereocenters. The van der Waals surface area contributed by atoms with Crippen LogP contribution >= 0.6 is 0 Å². The molecule has 0 aromatic heterocycles. The zero-order valence-corrected chi connectivity index (χ0v) is 6.35. The molecule has 0 aliphatic carbocycles. The average Bonchev–Trinajstić information content (AvgIpc) is 1.97. The Hall–Kier alpha value is -1.10. The summed E-state index contributed by atoms with van der Waals surface area (Å²) in [5, 5.41) is 2.22. The Morgan fingerprint density at radius 1 is 1.55 bits per heavy atom.